The predicted octanol–water partition coefficient (Wildman–Crippen LogP) is 3.56. The Kier molecular flexibility index (Phi) is 5.18. The molecule has 2 fully saturated rings. The summed E-state index contributed by atoms with van der Waals surface area (Å²) in [6.07, 6.45) is 3.04. The summed E-state index contributed by atoms with van der Waals surface area (Å²) in [5.74, 6) is 0.119. The van der Waals surface area contributed by atoms with Gasteiger partial charge in [0.2, 0.25) is 0 Å². The third kappa shape index (κ3) is 3.60. The van der Waals surface area contributed by atoms with Crippen LogP contribution in [-0.4, -0.2) is 34.5 Å². The van der Waals surface area contributed by atoms with Gasteiger partial charge in [-0.25, -0.2) is 4.79 Å². The maximum absolute atomic E-state index is 12.6. The number of ether oxygens (including phenoxy) is 1. The number of aliphatic hydroxyl groups is 1. The molecule has 132 valence electrons. The lowest BCUT2D eigenvalue weighted by Gasteiger charge is -2.46. The van der Waals surface area contributed by atoms with Crippen LogP contribution in [0.15, 0.2) is 28.7 Å². The van der Waals surface area contributed by atoms with E-state index in [0.29, 0.717) is 6.54 Å². The summed E-state index contributed by atoms with van der Waals surface area (Å²) in [5, 5.41) is 9.53. The number of nitrogens with two attached hydrogens (primary N) is 1. The van der Waals surface area contributed by atoms with E-state index in [1.807, 2.05) is 31.2 Å². The zero-order chi connectivity index (χ0) is 17.3. The number of nitrogens with zero attached hydrogens (tertiary/aromatic N) is 1. The summed E-state index contributed by atoms with van der Waals surface area (Å²) in [7, 11) is 0. The number of amides is 1. The van der Waals surface area contributed by atoms with Crippen molar-refractivity contribution in [2.75, 3.05) is 6.54 Å². The van der Waals surface area contributed by atoms with Crippen LogP contribution in [0.3, 0.4) is 0 Å². The van der Waals surface area contributed by atoms with Crippen molar-refractivity contribution in [3.8, 4) is 0 Å². The quantitative estimate of drug-likeness (QED) is 0.765. The summed E-state index contributed by atoms with van der Waals surface area (Å²) in [6.45, 7) is 2.73. The summed E-state index contributed by atoms with van der Waals surface area (Å²) < 4.78 is 6.90. The number of benzene rings is 1. The Hall–Kier alpha value is -1.11. The van der Waals surface area contributed by atoms with Gasteiger partial charge in [0.25, 0.3) is 0 Å². The highest BCUT2D eigenvalue weighted by molar-refractivity contribution is 9.10. The zero-order valence-electron chi connectivity index (χ0n) is 14.0. The van der Waals surface area contributed by atoms with Crippen molar-refractivity contribution in [2.24, 2.45) is 11.7 Å². The number of carbonyl (C=O) groups excluding carboxylic acids is 1. The minimum absolute atomic E-state index is 0.00912. The van der Waals surface area contributed by atoms with Gasteiger partial charge in [0.15, 0.2) is 0 Å². The third-order valence-corrected chi connectivity index (χ3v) is 6.12. The van der Waals surface area contributed by atoms with Crippen molar-refractivity contribution >= 4 is 22.0 Å². The zero-order valence-corrected chi connectivity index (χ0v) is 15.5. The van der Waals surface area contributed by atoms with Crippen LogP contribution in [0.1, 0.15) is 50.6 Å². The Morgan fingerprint density at radius 3 is 2.46 bits per heavy atom. The molecule has 1 heterocycles. The normalized spacial score (nSPS) is 30.1. The molecule has 1 aromatic rings. The molecule has 1 saturated heterocycles. The molecular weight excluding hydrogens is 372 g/mol. The number of halogens is 1. The fourth-order valence-corrected chi connectivity index (χ4v) is 4.11. The lowest BCUT2D eigenvalue weighted by atomic mass is 9.76. The number of carbonyl (C=O) groups is 1. The second-order valence-corrected chi connectivity index (χ2v) is 7.97. The van der Waals surface area contributed by atoms with Gasteiger partial charge in [-0.15, -0.1) is 0 Å². The largest absolute Gasteiger partial charge is 0.443 e. The van der Waals surface area contributed by atoms with Crippen LogP contribution < -0.4 is 5.73 Å². The van der Waals surface area contributed by atoms with Gasteiger partial charge in [-0.1, -0.05) is 28.1 Å². The number of aliphatic hydroxyl groups excluding tert-OH is 1. The smallest absolute Gasteiger partial charge is 0.410 e. The summed E-state index contributed by atoms with van der Waals surface area (Å²) in [6, 6.07) is 8.02. The van der Waals surface area contributed by atoms with Crippen LogP contribution in [-0.2, 0) is 4.74 Å². The number of rotatable bonds is 3. The van der Waals surface area contributed by atoms with Crippen LogP contribution in [0, 0.1) is 5.92 Å². The molecule has 0 radical (unpaired) electrons. The maximum atomic E-state index is 12.6. The Balaban J connectivity index is 1.63. The molecule has 2 atom stereocenters. The molecule has 1 spiro atoms. The Morgan fingerprint density at radius 2 is 1.92 bits per heavy atom. The van der Waals surface area contributed by atoms with Crippen LogP contribution >= 0.6 is 15.9 Å². The Bertz CT molecular complexity index is 582. The summed E-state index contributed by atoms with van der Waals surface area (Å²) in [5.41, 5.74) is 6.32. The Labute approximate surface area is 151 Å². The first kappa shape index (κ1) is 17.7. The number of hydrogen-bond donors (Lipinski definition) is 2. The van der Waals surface area contributed by atoms with E-state index in [1.165, 1.54) is 0 Å². The van der Waals surface area contributed by atoms with Gasteiger partial charge in [-0.05, 0) is 56.2 Å². The van der Waals surface area contributed by atoms with Crippen molar-refractivity contribution in [1.29, 1.82) is 0 Å². The van der Waals surface area contributed by atoms with E-state index in [1.54, 1.807) is 4.90 Å². The molecule has 6 heteroatoms. The van der Waals surface area contributed by atoms with Crippen molar-refractivity contribution in [3.63, 3.8) is 0 Å². The molecule has 1 aromatic carbocycles. The van der Waals surface area contributed by atoms with E-state index in [2.05, 4.69) is 15.9 Å². The fourth-order valence-electron chi connectivity index (χ4n) is 3.84. The average molecular weight is 397 g/mol. The van der Waals surface area contributed by atoms with E-state index in [4.69, 9.17) is 10.5 Å². The maximum Gasteiger partial charge on any atom is 0.410 e. The van der Waals surface area contributed by atoms with Crippen molar-refractivity contribution in [3.05, 3.63) is 34.3 Å². The molecule has 2 unspecified atom stereocenters. The molecule has 5 nitrogen and oxygen atoms in total. The second-order valence-electron chi connectivity index (χ2n) is 7.05. The monoisotopic (exact) mass is 396 g/mol. The molecular formula is C18H25BrN2O3. The summed E-state index contributed by atoms with van der Waals surface area (Å²) >= 11 is 3.43. The van der Waals surface area contributed by atoms with Gasteiger partial charge in [-0.3, -0.25) is 0 Å². The van der Waals surface area contributed by atoms with Gasteiger partial charge in [-0.2, -0.15) is 0 Å². The first-order valence-corrected chi connectivity index (χ1v) is 9.38. The molecule has 0 aromatic heterocycles. The van der Waals surface area contributed by atoms with Gasteiger partial charge >= 0.3 is 6.09 Å². The van der Waals surface area contributed by atoms with Crippen LogP contribution in [0.25, 0.3) is 0 Å². The van der Waals surface area contributed by atoms with Gasteiger partial charge in [0, 0.05) is 17.4 Å². The first-order chi connectivity index (χ1) is 11.4. The minimum Gasteiger partial charge on any atom is -0.443 e. The fraction of sp³-hybridized carbons (Fsp3) is 0.611. The molecule has 24 heavy (non-hydrogen) atoms. The molecule has 2 aliphatic rings. The van der Waals surface area contributed by atoms with E-state index >= 15 is 0 Å². The molecule has 1 aliphatic heterocycles. The minimum atomic E-state index is -0.768. The summed E-state index contributed by atoms with van der Waals surface area (Å²) in [4.78, 5) is 14.4. The standard InChI is InChI=1S/C18H25BrN2O3/c1-12(13-2-4-15(19)5-3-13)21-11-10-18(24-17(21)23)8-6-14(7-9-18)16(20)22/h2-5,12,14,16,22H,6-11,20H2,1H3. The van der Waals surface area contributed by atoms with Crippen molar-refractivity contribution in [2.45, 2.75) is 56.9 Å². The molecule has 1 amide bonds. The third-order valence-electron chi connectivity index (χ3n) is 5.59. The molecule has 0 bridgehead atoms. The highest BCUT2D eigenvalue weighted by atomic mass is 79.9. The SMILES string of the molecule is CC(c1ccc(Br)cc1)N1CCC2(CCC(C(N)O)CC2)OC1=O. The van der Waals surface area contributed by atoms with Gasteiger partial charge in [0.1, 0.15) is 11.8 Å². The van der Waals surface area contributed by atoms with Crippen molar-refractivity contribution in [1.82, 2.24) is 4.90 Å². The highest BCUT2D eigenvalue weighted by Gasteiger charge is 2.44. The lowest BCUT2D eigenvalue weighted by Crippen LogP contribution is -2.52. The van der Waals surface area contributed by atoms with E-state index in [9.17, 15) is 9.90 Å². The molecule has 1 saturated carbocycles. The molecule has 1 aliphatic carbocycles. The van der Waals surface area contributed by atoms with E-state index in [-0.39, 0.29) is 23.7 Å². The molecule has 3 N–H and O–H groups in total. The second kappa shape index (κ2) is 7.02. The number of hydrogen-bond acceptors (Lipinski definition) is 4. The topological polar surface area (TPSA) is 75.8 Å². The van der Waals surface area contributed by atoms with Crippen LogP contribution in [0.4, 0.5) is 4.79 Å². The van der Waals surface area contributed by atoms with E-state index in [0.717, 1.165) is 42.1 Å². The highest BCUT2D eigenvalue weighted by Crippen LogP contribution is 2.41. The Morgan fingerprint density at radius 1 is 1.29 bits per heavy atom. The molecule has 3 rings (SSSR count). The van der Waals surface area contributed by atoms with Gasteiger partial charge < -0.3 is 20.5 Å². The lowest BCUT2D eigenvalue weighted by molar-refractivity contribution is -0.0894. The predicted molar refractivity (Wildman–Crippen MR) is 95.2 cm³/mol. The average Bonchev–Trinajstić information content (AvgIpc) is 2.55. The van der Waals surface area contributed by atoms with Gasteiger partial charge in [0.05, 0.1) is 6.04 Å². The van der Waals surface area contributed by atoms with Crippen LogP contribution in [0.5, 0.6) is 0 Å². The van der Waals surface area contributed by atoms with Crippen molar-refractivity contribution < 1.29 is 14.6 Å². The first-order valence-electron chi connectivity index (χ1n) is 8.59. The van der Waals surface area contributed by atoms with E-state index < -0.39 is 6.23 Å². The van der Waals surface area contributed by atoms with Crippen LogP contribution in [0.2, 0.25) is 0 Å².